The first-order valence-electron chi connectivity index (χ1n) is 10.2. The minimum Gasteiger partial charge on any atom is -0.380 e. The lowest BCUT2D eigenvalue weighted by Gasteiger charge is -2.38. The van der Waals surface area contributed by atoms with E-state index in [1.807, 2.05) is 0 Å². The summed E-state index contributed by atoms with van der Waals surface area (Å²) in [4.78, 5) is 6.52. The van der Waals surface area contributed by atoms with E-state index in [2.05, 4.69) is 9.97 Å². The van der Waals surface area contributed by atoms with Crippen LogP contribution in [0.1, 0.15) is 31.5 Å². The quantitative estimate of drug-likeness (QED) is 0.453. The molecule has 0 bridgehead atoms. The zero-order valence-corrected chi connectivity index (χ0v) is 21.6. The Labute approximate surface area is 206 Å². The summed E-state index contributed by atoms with van der Waals surface area (Å²) in [5.74, 6) is 0. The van der Waals surface area contributed by atoms with Gasteiger partial charge >= 0.3 is 6.18 Å². The normalized spacial score (nSPS) is 15.3. The number of alkyl halides is 3. The van der Waals surface area contributed by atoms with Crippen molar-refractivity contribution in [3.8, 4) is 0 Å². The van der Waals surface area contributed by atoms with Gasteiger partial charge in [0.15, 0.2) is 30.3 Å². The molecule has 0 fully saturated rings. The van der Waals surface area contributed by atoms with Crippen LogP contribution in [0, 0.1) is 0 Å². The molecule has 13 heteroatoms. The summed E-state index contributed by atoms with van der Waals surface area (Å²) in [5, 5.41) is 10.8. The van der Waals surface area contributed by atoms with E-state index in [-0.39, 0.29) is 31.7 Å². The van der Waals surface area contributed by atoms with Gasteiger partial charge in [0.05, 0.1) is 15.9 Å². The Balaban J connectivity index is 2.06. The third-order valence-electron chi connectivity index (χ3n) is 5.70. The van der Waals surface area contributed by atoms with E-state index < -0.39 is 49.7 Å². The number of benzene rings is 1. The smallest absolute Gasteiger partial charge is 0.380 e. The second-order valence-corrected chi connectivity index (χ2v) is 13.7. The molecule has 1 aromatic carbocycles. The molecular weight excluding hydrogens is 529 g/mol. The molecule has 2 heterocycles. The van der Waals surface area contributed by atoms with Gasteiger partial charge in [-0.2, -0.15) is 13.2 Å². The number of aromatic amines is 1. The summed E-state index contributed by atoms with van der Waals surface area (Å²) in [5.41, 5.74) is -4.30. The van der Waals surface area contributed by atoms with Gasteiger partial charge in [0, 0.05) is 29.6 Å². The van der Waals surface area contributed by atoms with Crippen molar-refractivity contribution < 1.29 is 35.1 Å². The Morgan fingerprint density at radius 2 is 1.63 bits per heavy atom. The van der Waals surface area contributed by atoms with Crippen molar-refractivity contribution >= 4 is 42.3 Å². The molecule has 35 heavy (non-hydrogen) atoms. The monoisotopic (exact) mass is 552 g/mol. The van der Waals surface area contributed by atoms with Crippen molar-refractivity contribution in [1.29, 1.82) is 0 Å². The summed E-state index contributed by atoms with van der Waals surface area (Å²) in [7, 11) is -7.43. The van der Waals surface area contributed by atoms with Crippen molar-refractivity contribution in [3.05, 3.63) is 52.7 Å². The highest BCUT2D eigenvalue weighted by molar-refractivity contribution is 7.91. The minimum atomic E-state index is -5.09. The molecule has 2 N–H and O–H groups in total. The summed E-state index contributed by atoms with van der Waals surface area (Å²) in [6, 6.07) is 7.69. The third-order valence-corrected chi connectivity index (χ3v) is 8.08. The number of H-pyrrole nitrogens is 1. The van der Waals surface area contributed by atoms with E-state index in [1.165, 1.54) is 50.2 Å². The molecule has 0 radical (unpaired) electrons. The lowest BCUT2D eigenvalue weighted by atomic mass is 9.73. The van der Waals surface area contributed by atoms with Gasteiger partial charge in [0.1, 0.15) is 0 Å². The SMILES string of the molecule is CC(C)(CC(O)(Cc1cc2nc(S(C)(=O)=O)ccc2[nH]1)C(F)(F)F)c1cc(Cl)ccc1S(C)(=O)=O. The molecule has 1 unspecified atom stereocenters. The predicted molar refractivity (Wildman–Crippen MR) is 126 cm³/mol. The zero-order chi connectivity index (χ0) is 26.6. The Morgan fingerprint density at radius 3 is 2.17 bits per heavy atom. The fraction of sp³-hybridized carbons (Fsp3) is 0.409. The molecule has 0 aliphatic rings. The first-order chi connectivity index (χ1) is 15.7. The molecule has 0 aliphatic carbocycles. The van der Waals surface area contributed by atoms with Crippen molar-refractivity contribution in [1.82, 2.24) is 9.97 Å². The van der Waals surface area contributed by atoms with Gasteiger partial charge in [-0.3, -0.25) is 0 Å². The summed E-state index contributed by atoms with van der Waals surface area (Å²) >= 11 is 6.02. The molecule has 7 nitrogen and oxygen atoms in total. The Hall–Kier alpha value is -2.15. The fourth-order valence-electron chi connectivity index (χ4n) is 4.11. The van der Waals surface area contributed by atoms with Crippen molar-refractivity contribution in [2.24, 2.45) is 0 Å². The van der Waals surface area contributed by atoms with Gasteiger partial charge in [-0.1, -0.05) is 25.4 Å². The van der Waals surface area contributed by atoms with Crippen molar-refractivity contribution in [2.75, 3.05) is 12.5 Å². The van der Waals surface area contributed by atoms with Crippen LogP contribution in [0.15, 0.2) is 46.3 Å². The van der Waals surface area contributed by atoms with Crippen LogP contribution in [0.4, 0.5) is 13.2 Å². The Morgan fingerprint density at radius 1 is 1.00 bits per heavy atom. The van der Waals surface area contributed by atoms with Gasteiger partial charge in [-0.05, 0) is 53.8 Å². The predicted octanol–water partition coefficient (Wildman–Crippen LogP) is 4.23. The number of sulfone groups is 2. The molecule has 192 valence electrons. The van der Waals surface area contributed by atoms with Crippen LogP contribution < -0.4 is 0 Å². The number of rotatable bonds is 7. The van der Waals surface area contributed by atoms with Crippen LogP contribution in [-0.4, -0.2) is 56.2 Å². The van der Waals surface area contributed by atoms with Crippen LogP contribution in [0.25, 0.3) is 11.0 Å². The highest BCUT2D eigenvalue weighted by atomic mass is 35.5. The van der Waals surface area contributed by atoms with Gasteiger partial charge in [0.25, 0.3) is 0 Å². The molecule has 0 saturated carbocycles. The number of fused-ring (bicyclic) bond motifs is 1. The van der Waals surface area contributed by atoms with Gasteiger partial charge < -0.3 is 10.1 Å². The number of hydrogen-bond acceptors (Lipinski definition) is 6. The fourth-order valence-corrected chi connectivity index (χ4v) is 5.91. The van der Waals surface area contributed by atoms with E-state index in [0.29, 0.717) is 5.52 Å². The van der Waals surface area contributed by atoms with Crippen molar-refractivity contribution in [2.45, 2.75) is 53.8 Å². The Bertz CT molecular complexity index is 1500. The molecule has 3 rings (SSSR count). The average molecular weight is 553 g/mol. The zero-order valence-electron chi connectivity index (χ0n) is 19.2. The van der Waals surface area contributed by atoms with E-state index in [9.17, 15) is 35.1 Å². The summed E-state index contributed by atoms with van der Waals surface area (Å²) < 4.78 is 90.7. The minimum absolute atomic E-state index is 0.0248. The molecule has 0 amide bonds. The van der Waals surface area contributed by atoms with E-state index in [1.54, 1.807) is 0 Å². The molecule has 1 atom stereocenters. The maximum Gasteiger partial charge on any atom is 0.417 e. The van der Waals surface area contributed by atoms with E-state index in [4.69, 9.17) is 11.6 Å². The maximum atomic E-state index is 14.2. The number of aromatic nitrogens is 2. The summed E-state index contributed by atoms with van der Waals surface area (Å²) in [6.07, 6.45) is -4.98. The van der Waals surface area contributed by atoms with Crippen LogP contribution in [-0.2, 0) is 31.5 Å². The topological polar surface area (TPSA) is 117 Å². The van der Waals surface area contributed by atoms with Gasteiger partial charge in [0.2, 0.25) is 0 Å². The molecule has 0 spiro atoms. The third kappa shape index (κ3) is 5.82. The van der Waals surface area contributed by atoms with E-state index in [0.717, 1.165) is 12.5 Å². The average Bonchev–Trinajstić information content (AvgIpc) is 3.06. The highest BCUT2D eigenvalue weighted by Crippen LogP contribution is 2.45. The number of nitrogens with zero attached hydrogens (tertiary/aromatic N) is 1. The lowest BCUT2D eigenvalue weighted by molar-refractivity contribution is -0.266. The molecule has 0 aliphatic heterocycles. The van der Waals surface area contributed by atoms with Gasteiger partial charge in [-0.25, -0.2) is 21.8 Å². The largest absolute Gasteiger partial charge is 0.417 e. The Kier molecular flexibility index (Phi) is 6.86. The molecular formula is C22H24ClF3N2O5S2. The number of pyridine rings is 1. The maximum absolute atomic E-state index is 14.2. The number of hydrogen-bond donors (Lipinski definition) is 2. The number of aliphatic hydroxyl groups is 1. The second kappa shape index (κ2) is 8.75. The first kappa shape index (κ1) is 27.4. The van der Waals surface area contributed by atoms with Crippen LogP contribution in [0.5, 0.6) is 0 Å². The standard InChI is InChI=1S/C22H24ClF3N2O5S2/c1-20(2,15-9-13(23)5-7-18(15)34(3,30)31)12-21(29,22(24,25)26)11-14-10-17-16(27-14)6-8-19(28-17)35(4,32)33/h5-10,27,29H,11-12H2,1-4H3. The molecule has 3 aromatic rings. The number of nitrogens with one attached hydrogen (secondary N) is 1. The van der Waals surface area contributed by atoms with Crippen LogP contribution in [0.3, 0.4) is 0 Å². The molecule has 2 aromatic heterocycles. The first-order valence-corrected chi connectivity index (χ1v) is 14.4. The molecule has 0 saturated heterocycles. The van der Waals surface area contributed by atoms with Crippen molar-refractivity contribution in [3.63, 3.8) is 0 Å². The second-order valence-electron chi connectivity index (χ2n) is 9.33. The van der Waals surface area contributed by atoms with E-state index >= 15 is 0 Å². The van der Waals surface area contributed by atoms with Crippen LogP contribution >= 0.6 is 11.6 Å². The van der Waals surface area contributed by atoms with Gasteiger partial charge in [-0.15, -0.1) is 0 Å². The number of halogens is 4. The lowest BCUT2D eigenvalue weighted by Crippen LogP contribution is -2.51. The highest BCUT2D eigenvalue weighted by Gasteiger charge is 2.56. The van der Waals surface area contributed by atoms with Crippen LogP contribution in [0.2, 0.25) is 5.02 Å². The summed E-state index contributed by atoms with van der Waals surface area (Å²) in [6.45, 7) is 2.80.